The molecule has 0 spiro atoms. The molecular weight excluding hydrogens is 477 g/mol. The van der Waals surface area contributed by atoms with Gasteiger partial charge in [0.25, 0.3) is 5.91 Å². The zero-order chi connectivity index (χ0) is 26.5. The number of benzene rings is 1. The third-order valence-corrected chi connectivity index (χ3v) is 5.77. The Morgan fingerprint density at radius 1 is 1.17 bits per heavy atom. The Balaban J connectivity index is 1.76. The van der Waals surface area contributed by atoms with Crippen LogP contribution in [0.25, 0.3) is 0 Å². The van der Waals surface area contributed by atoms with Crippen LogP contribution in [0.5, 0.6) is 5.75 Å². The lowest BCUT2D eigenvalue weighted by Crippen LogP contribution is -2.41. The molecule has 1 aromatic carbocycles. The van der Waals surface area contributed by atoms with E-state index in [1.807, 2.05) is 0 Å². The SMILES string of the molecule is Cn1cnc(C(=O)N(Cc2cccc(OC(F)(F)F)c2)C2CCCC(NC(=O)OC(C)(C)C)CC2)c1. The van der Waals surface area contributed by atoms with E-state index in [1.54, 1.807) is 49.5 Å². The summed E-state index contributed by atoms with van der Waals surface area (Å²) in [4.78, 5) is 31.5. The molecule has 1 aliphatic rings. The zero-order valence-corrected chi connectivity index (χ0v) is 21.0. The van der Waals surface area contributed by atoms with Gasteiger partial charge in [0.2, 0.25) is 0 Å². The fourth-order valence-electron chi connectivity index (χ4n) is 4.29. The number of nitrogens with zero attached hydrogens (tertiary/aromatic N) is 3. The molecule has 1 aromatic heterocycles. The van der Waals surface area contributed by atoms with Crippen molar-refractivity contribution in [1.82, 2.24) is 19.8 Å². The summed E-state index contributed by atoms with van der Waals surface area (Å²) < 4.78 is 49.2. The lowest BCUT2D eigenvalue weighted by molar-refractivity contribution is -0.274. The molecule has 8 nitrogen and oxygen atoms in total. The molecule has 1 saturated carbocycles. The number of aromatic nitrogens is 2. The van der Waals surface area contributed by atoms with Crippen molar-refractivity contribution < 1.29 is 32.2 Å². The Hall–Kier alpha value is -3.24. The molecule has 1 N–H and O–H groups in total. The second kappa shape index (κ2) is 11.2. The van der Waals surface area contributed by atoms with Crippen LogP contribution in [0, 0.1) is 0 Å². The maximum atomic E-state index is 13.5. The standard InChI is InChI=1S/C25H33F3N4O4/c1-24(2,3)36-23(34)30-18-8-6-9-19(12-11-18)32(22(33)21-15-31(4)16-29-21)14-17-7-5-10-20(13-17)35-25(26,27)28/h5,7,10,13,15-16,18-19H,6,8-9,11-12,14H2,1-4H3,(H,30,34). The highest BCUT2D eigenvalue weighted by molar-refractivity contribution is 5.92. The van der Waals surface area contributed by atoms with Gasteiger partial charge >= 0.3 is 12.5 Å². The number of amides is 2. The summed E-state index contributed by atoms with van der Waals surface area (Å²) in [5, 5.41) is 2.91. The first-order chi connectivity index (χ1) is 16.8. The predicted molar refractivity (Wildman–Crippen MR) is 126 cm³/mol. The number of alkyl halides is 3. The molecule has 0 bridgehead atoms. The number of imidazole rings is 1. The van der Waals surface area contributed by atoms with Crippen molar-refractivity contribution in [3.8, 4) is 5.75 Å². The van der Waals surface area contributed by atoms with Gasteiger partial charge < -0.3 is 24.3 Å². The predicted octanol–water partition coefficient (Wildman–Crippen LogP) is 5.19. The van der Waals surface area contributed by atoms with Gasteiger partial charge in [-0.2, -0.15) is 0 Å². The van der Waals surface area contributed by atoms with E-state index in [9.17, 15) is 22.8 Å². The molecule has 1 aliphatic carbocycles. The largest absolute Gasteiger partial charge is 0.573 e. The van der Waals surface area contributed by atoms with E-state index >= 15 is 0 Å². The quantitative estimate of drug-likeness (QED) is 0.541. The average Bonchev–Trinajstić information content (AvgIpc) is 3.05. The van der Waals surface area contributed by atoms with Crippen LogP contribution in [-0.4, -0.2) is 50.5 Å². The molecule has 1 fully saturated rings. The number of carbonyl (C=O) groups excluding carboxylic acids is 2. The Morgan fingerprint density at radius 2 is 1.92 bits per heavy atom. The smallest absolute Gasteiger partial charge is 0.444 e. The fraction of sp³-hybridized carbons (Fsp3) is 0.560. The normalized spacial score (nSPS) is 18.8. The first-order valence-electron chi connectivity index (χ1n) is 11.9. The van der Waals surface area contributed by atoms with Crippen molar-refractivity contribution in [3.05, 3.63) is 48.0 Å². The minimum absolute atomic E-state index is 0.0965. The molecular formula is C25H33F3N4O4. The fourth-order valence-corrected chi connectivity index (χ4v) is 4.29. The number of hydrogen-bond acceptors (Lipinski definition) is 5. The van der Waals surface area contributed by atoms with Crippen LogP contribution in [0.4, 0.5) is 18.0 Å². The van der Waals surface area contributed by atoms with Crippen molar-refractivity contribution >= 4 is 12.0 Å². The van der Waals surface area contributed by atoms with Gasteiger partial charge in [-0.25, -0.2) is 9.78 Å². The summed E-state index contributed by atoms with van der Waals surface area (Å²) in [6.45, 7) is 5.49. The summed E-state index contributed by atoms with van der Waals surface area (Å²) in [6.07, 6.45) is 1.27. The maximum Gasteiger partial charge on any atom is 0.573 e. The topological polar surface area (TPSA) is 85.7 Å². The highest BCUT2D eigenvalue weighted by Crippen LogP contribution is 2.28. The molecule has 2 unspecified atom stereocenters. The molecule has 1 heterocycles. The second-order valence-electron chi connectivity index (χ2n) is 10.1. The van der Waals surface area contributed by atoms with Gasteiger partial charge in [-0.05, 0) is 70.6 Å². The van der Waals surface area contributed by atoms with E-state index in [0.717, 1.165) is 12.8 Å². The molecule has 2 atom stereocenters. The van der Waals surface area contributed by atoms with Crippen LogP contribution < -0.4 is 10.1 Å². The first kappa shape index (κ1) is 27.3. The van der Waals surface area contributed by atoms with Crippen LogP contribution >= 0.6 is 0 Å². The van der Waals surface area contributed by atoms with E-state index in [2.05, 4.69) is 15.0 Å². The average molecular weight is 511 g/mol. The highest BCUT2D eigenvalue weighted by Gasteiger charge is 2.32. The van der Waals surface area contributed by atoms with Crippen LogP contribution in [0.1, 0.15) is 68.9 Å². The van der Waals surface area contributed by atoms with Crippen molar-refractivity contribution in [2.45, 2.75) is 83.5 Å². The van der Waals surface area contributed by atoms with E-state index in [1.165, 1.54) is 24.5 Å². The number of ether oxygens (including phenoxy) is 2. The molecule has 3 rings (SSSR count). The van der Waals surface area contributed by atoms with Gasteiger partial charge in [-0.15, -0.1) is 13.2 Å². The van der Waals surface area contributed by atoms with E-state index in [-0.39, 0.29) is 36.0 Å². The minimum atomic E-state index is -4.81. The molecule has 0 saturated heterocycles. The molecule has 198 valence electrons. The highest BCUT2D eigenvalue weighted by atomic mass is 19.4. The Kier molecular flexibility index (Phi) is 8.52. The van der Waals surface area contributed by atoms with Gasteiger partial charge in [-0.1, -0.05) is 12.1 Å². The van der Waals surface area contributed by atoms with E-state index in [4.69, 9.17) is 4.74 Å². The third-order valence-electron chi connectivity index (χ3n) is 5.77. The van der Waals surface area contributed by atoms with Crippen LogP contribution in [0.3, 0.4) is 0 Å². The second-order valence-corrected chi connectivity index (χ2v) is 10.1. The third kappa shape index (κ3) is 8.46. The van der Waals surface area contributed by atoms with Crippen LogP contribution in [-0.2, 0) is 18.3 Å². The van der Waals surface area contributed by atoms with Crippen molar-refractivity contribution in [1.29, 1.82) is 0 Å². The van der Waals surface area contributed by atoms with Crippen LogP contribution in [0.2, 0.25) is 0 Å². The van der Waals surface area contributed by atoms with Gasteiger partial charge in [-0.3, -0.25) is 4.79 Å². The van der Waals surface area contributed by atoms with Gasteiger partial charge in [0.05, 0.1) is 6.33 Å². The van der Waals surface area contributed by atoms with Crippen molar-refractivity contribution in [3.63, 3.8) is 0 Å². The molecule has 36 heavy (non-hydrogen) atoms. The van der Waals surface area contributed by atoms with Crippen molar-refractivity contribution in [2.75, 3.05) is 0 Å². The first-order valence-corrected chi connectivity index (χ1v) is 11.9. The number of alkyl carbamates (subject to hydrolysis) is 1. The maximum absolute atomic E-state index is 13.5. The number of nitrogens with one attached hydrogen (secondary N) is 1. The lowest BCUT2D eigenvalue weighted by atomic mass is 10.0. The summed E-state index contributed by atoms with van der Waals surface area (Å²) in [5.74, 6) is -0.644. The summed E-state index contributed by atoms with van der Waals surface area (Å²) in [6, 6.07) is 5.35. The number of aryl methyl sites for hydroxylation is 1. The summed E-state index contributed by atoms with van der Waals surface area (Å²) in [7, 11) is 1.75. The number of rotatable bonds is 6. The van der Waals surface area contributed by atoms with Crippen LogP contribution in [0.15, 0.2) is 36.8 Å². The van der Waals surface area contributed by atoms with Gasteiger partial charge in [0.15, 0.2) is 0 Å². The monoisotopic (exact) mass is 510 g/mol. The van der Waals surface area contributed by atoms with E-state index in [0.29, 0.717) is 24.8 Å². The number of halogens is 3. The summed E-state index contributed by atoms with van der Waals surface area (Å²) >= 11 is 0. The number of hydrogen-bond donors (Lipinski definition) is 1. The minimum Gasteiger partial charge on any atom is -0.444 e. The Bertz CT molecular complexity index is 1050. The molecule has 2 amide bonds. The molecule has 11 heteroatoms. The Labute approximate surface area is 208 Å². The van der Waals surface area contributed by atoms with Gasteiger partial charge in [0.1, 0.15) is 17.0 Å². The summed E-state index contributed by atoms with van der Waals surface area (Å²) in [5.41, 5.74) is 0.162. The van der Waals surface area contributed by atoms with Gasteiger partial charge in [0, 0.05) is 31.9 Å². The molecule has 0 aliphatic heterocycles. The van der Waals surface area contributed by atoms with Crippen molar-refractivity contribution in [2.24, 2.45) is 7.05 Å². The van der Waals surface area contributed by atoms with E-state index < -0.39 is 18.1 Å². The molecule has 0 radical (unpaired) electrons. The number of carbonyl (C=O) groups is 2. The lowest BCUT2D eigenvalue weighted by Gasteiger charge is -2.31. The molecule has 2 aromatic rings. The zero-order valence-electron chi connectivity index (χ0n) is 21.0. The Morgan fingerprint density at radius 3 is 2.56 bits per heavy atom.